The lowest BCUT2D eigenvalue weighted by atomic mass is 10.1. The van der Waals surface area contributed by atoms with Gasteiger partial charge in [-0.25, -0.2) is 4.98 Å². The van der Waals surface area contributed by atoms with E-state index in [2.05, 4.69) is 9.72 Å². The minimum absolute atomic E-state index is 0.215. The van der Waals surface area contributed by atoms with E-state index in [4.69, 9.17) is 4.74 Å². The fraction of sp³-hybridized carbons (Fsp3) is 0.600. The summed E-state index contributed by atoms with van der Waals surface area (Å²) in [4.78, 5) is 15.4. The van der Waals surface area contributed by atoms with E-state index in [9.17, 15) is 4.79 Å². The number of carbonyl (C=O) groups excluding carboxylic acids is 1. The summed E-state index contributed by atoms with van der Waals surface area (Å²) in [5, 5.41) is 2.72. The molecule has 0 aliphatic heterocycles. The minimum Gasteiger partial charge on any atom is -0.469 e. The Morgan fingerprint density at radius 1 is 1.53 bits per heavy atom. The van der Waals surface area contributed by atoms with Crippen LogP contribution in [0.5, 0.6) is 0 Å². The van der Waals surface area contributed by atoms with Crippen LogP contribution in [0, 0.1) is 0 Å². The molecule has 4 nitrogen and oxygen atoms in total. The zero-order chi connectivity index (χ0) is 11.5. The van der Waals surface area contributed by atoms with Gasteiger partial charge in [0.1, 0.15) is 10.6 Å². The number of methoxy groups -OCH3 is 2. The van der Waals surface area contributed by atoms with Crippen LogP contribution < -0.4 is 0 Å². The highest BCUT2D eigenvalue weighted by Gasteiger charge is 2.23. The quantitative estimate of drug-likeness (QED) is 0.738. The summed E-state index contributed by atoms with van der Waals surface area (Å²) in [5.41, 5.74) is 0.325. The van der Waals surface area contributed by atoms with Gasteiger partial charge < -0.3 is 9.47 Å². The maximum absolute atomic E-state index is 11.0. The predicted octanol–water partition coefficient (Wildman–Crippen LogP) is 1.74. The molecule has 0 aromatic carbocycles. The van der Waals surface area contributed by atoms with Crippen molar-refractivity contribution in [3.05, 3.63) is 16.1 Å². The molecule has 0 aliphatic rings. The van der Waals surface area contributed by atoms with Crippen LogP contribution in [0.3, 0.4) is 0 Å². The normalized spacial score (nSPS) is 11.5. The first-order chi connectivity index (χ1) is 6.99. The first-order valence-electron chi connectivity index (χ1n) is 4.56. The number of nitrogens with zero attached hydrogens (tertiary/aromatic N) is 1. The van der Waals surface area contributed by atoms with E-state index in [0.717, 1.165) is 10.7 Å². The Labute approximate surface area is 93.2 Å². The maximum Gasteiger partial charge on any atom is 0.311 e. The van der Waals surface area contributed by atoms with Crippen LogP contribution >= 0.6 is 11.3 Å². The first kappa shape index (κ1) is 12.1. The van der Waals surface area contributed by atoms with Crippen molar-refractivity contribution in [1.82, 2.24) is 4.98 Å². The molecule has 0 radical (unpaired) electrons. The second kappa shape index (κ2) is 4.72. The zero-order valence-electron chi connectivity index (χ0n) is 9.36. The number of esters is 1. The summed E-state index contributed by atoms with van der Waals surface area (Å²) in [7, 11) is 3.01. The molecule has 1 aromatic heterocycles. The maximum atomic E-state index is 11.0. The van der Waals surface area contributed by atoms with Gasteiger partial charge in [0.05, 0.1) is 19.2 Å². The molecule has 1 aromatic rings. The lowest BCUT2D eigenvalue weighted by molar-refractivity contribution is -0.139. The minimum atomic E-state index is -0.404. The van der Waals surface area contributed by atoms with Crippen LogP contribution in [0.4, 0.5) is 0 Å². The Kier molecular flexibility index (Phi) is 3.82. The average molecular weight is 229 g/mol. The van der Waals surface area contributed by atoms with Crippen molar-refractivity contribution in [3.63, 3.8) is 0 Å². The van der Waals surface area contributed by atoms with Crippen molar-refractivity contribution >= 4 is 17.3 Å². The number of hydrogen-bond donors (Lipinski definition) is 0. The van der Waals surface area contributed by atoms with Crippen LogP contribution in [-0.2, 0) is 26.3 Å². The lowest BCUT2D eigenvalue weighted by Gasteiger charge is -2.19. The molecule has 0 bridgehead atoms. The summed E-state index contributed by atoms with van der Waals surface area (Å²) in [6.07, 6.45) is 0.215. The molecule has 84 valence electrons. The van der Waals surface area contributed by atoms with Gasteiger partial charge in [0.2, 0.25) is 0 Å². The number of aromatic nitrogens is 1. The van der Waals surface area contributed by atoms with Gasteiger partial charge in [-0.05, 0) is 13.8 Å². The SMILES string of the molecule is COC(=O)Cc1csc(C(C)(C)OC)n1. The Bertz CT molecular complexity index is 346. The number of ether oxygens (including phenoxy) is 2. The highest BCUT2D eigenvalue weighted by atomic mass is 32.1. The van der Waals surface area contributed by atoms with E-state index in [-0.39, 0.29) is 12.4 Å². The van der Waals surface area contributed by atoms with E-state index < -0.39 is 5.60 Å². The molecule has 0 aliphatic carbocycles. The van der Waals surface area contributed by atoms with Crippen molar-refractivity contribution in [2.45, 2.75) is 25.9 Å². The second-order valence-electron chi connectivity index (χ2n) is 3.61. The van der Waals surface area contributed by atoms with Crippen molar-refractivity contribution in [1.29, 1.82) is 0 Å². The van der Waals surface area contributed by atoms with E-state index in [1.807, 2.05) is 19.2 Å². The Hall–Kier alpha value is -0.940. The summed E-state index contributed by atoms with van der Waals surface area (Å²) in [6.45, 7) is 3.88. The van der Waals surface area contributed by atoms with Crippen molar-refractivity contribution < 1.29 is 14.3 Å². The molecular formula is C10H15NO3S. The van der Waals surface area contributed by atoms with Crippen LogP contribution in [-0.4, -0.2) is 25.2 Å². The Morgan fingerprint density at radius 3 is 2.73 bits per heavy atom. The van der Waals surface area contributed by atoms with Crippen LogP contribution in [0.25, 0.3) is 0 Å². The van der Waals surface area contributed by atoms with Crippen molar-refractivity contribution in [2.75, 3.05) is 14.2 Å². The van der Waals surface area contributed by atoms with Gasteiger partial charge in [-0.1, -0.05) is 0 Å². The van der Waals surface area contributed by atoms with E-state index in [1.54, 1.807) is 7.11 Å². The molecule has 5 heteroatoms. The van der Waals surface area contributed by atoms with E-state index in [0.29, 0.717) is 0 Å². The van der Waals surface area contributed by atoms with E-state index in [1.165, 1.54) is 18.4 Å². The Balaban J connectivity index is 2.76. The van der Waals surface area contributed by atoms with Gasteiger partial charge in [0, 0.05) is 12.5 Å². The summed E-state index contributed by atoms with van der Waals surface area (Å²) >= 11 is 1.49. The third-order valence-corrected chi connectivity index (χ3v) is 3.33. The average Bonchev–Trinajstić information content (AvgIpc) is 2.66. The smallest absolute Gasteiger partial charge is 0.311 e. The standard InChI is InChI=1S/C10H15NO3S/c1-10(2,14-4)9-11-7(6-15-9)5-8(12)13-3/h6H,5H2,1-4H3. The van der Waals surface area contributed by atoms with Crippen LogP contribution in [0.1, 0.15) is 24.5 Å². The molecule has 0 spiro atoms. The highest BCUT2D eigenvalue weighted by molar-refractivity contribution is 7.09. The molecule has 15 heavy (non-hydrogen) atoms. The van der Waals surface area contributed by atoms with Gasteiger partial charge in [-0.3, -0.25) is 4.79 Å². The monoisotopic (exact) mass is 229 g/mol. The molecule has 0 saturated heterocycles. The summed E-state index contributed by atoms with van der Waals surface area (Å²) in [6, 6.07) is 0. The van der Waals surface area contributed by atoms with Gasteiger partial charge in [-0.15, -0.1) is 11.3 Å². The van der Waals surface area contributed by atoms with Crippen molar-refractivity contribution in [2.24, 2.45) is 0 Å². The lowest BCUT2D eigenvalue weighted by Crippen LogP contribution is -2.19. The van der Waals surface area contributed by atoms with Gasteiger partial charge in [0.15, 0.2) is 0 Å². The molecule has 0 N–H and O–H groups in total. The molecule has 0 unspecified atom stereocenters. The molecule has 1 heterocycles. The fourth-order valence-corrected chi connectivity index (χ4v) is 1.89. The predicted molar refractivity (Wildman–Crippen MR) is 57.9 cm³/mol. The van der Waals surface area contributed by atoms with Gasteiger partial charge in [0.25, 0.3) is 0 Å². The van der Waals surface area contributed by atoms with E-state index >= 15 is 0 Å². The summed E-state index contributed by atoms with van der Waals surface area (Å²) < 4.78 is 9.87. The molecule has 1 rings (SSSR count). The van der Waals surface area contributed by atoms with Crippen molar-refractivity contribution in [3.8, 4) is 0 Å². The molecular weight excluding hydrogens is 214 g/mol. The first-order valence-corrected chi connectivity index (χ1v) is 5.44. The fourth-order valence-electron chi connectivity index (χ4n) is 0.972. The Morgan fingerprint density at radius 2 is 2.20 bits per heavy atom. The number of hydrogen-bond acceptors (Lipinski definition) is 5. The largest absolute Gasteiger partial charge is 0.469 e. The molecule has 0 saturated carbocycles. The van der Waals surface area contributed by atoms with Crippen LogP contribution in [0.2, 0.25) is 0 Å². The van der Waals surface area contributed by atoms with Gasteiger partial charge >= 0.3 is 5.97 Å². The third kappa shape index (κ3) is 3.00. The van der Waals surface area contributed by atoms with Crippen LogP contribution in [0.15, 0.2) is 5.38 Å². The topological polar surface area (TPSA) is 48.4 Å². The zero-order valence-corrected chi connectivity index (χ0v) is 10.2. The second-order valence-corrected chi connectivity index (χ2v) is 4.47. The number of thiazole rings is 1. The highest BCUT2D eigenvalue weighted by Crippen LogP contribution is 2.26. The molecule has 0 atom stereocenters. The summed E-state index contributed by atoms with van der Waals surface area (Å²) in [5.74, 6) is -0.276. The number of carbonyl (C=O) groups is 1. The third-order valence-electron chi connectivity index (χ3n) is 2.13. The molecule has 0 amide bonds. The van der Waals surface area contributed by atoms with Gasteiger partial charge in [-0.2, -0.15) is 0 Å². The molecule has 0 fully saturated rings. The number of rotatable bonds is 4.